The van der Waals surface area contributed by atoms with Crippen LogP contribution in [-0.2, 0) is 0 Å². The first-order valence-electron chi connectivity index (χ1n) is 28.2. The van der Waals surface area contributed by atoms with Crippen molar-refractivity contribution in [3.05, 3.63) is 194 Å². The normalized spacial score (nSPS) is 14.1. The van der Waals surface area contributed by atoms with E-state index in [-0.39, 0.29) is 0 Å². The Hall–Kier alpha value is -9.04. The molecule has 84 heavy (non-hydrogen) atoms. The molecular formula is C72H48O8S4. The molecule has 0 unspecified atom stereocenters. The molecule has 4 aromatic heterocycles. The van der Waals surface area contributed by atoms with Crippen LogP contribution in [0.2, 0.25) is 0 Å². The average molecular weight is 1170 g/mol. The van der Waals surface area contributed by atoms with Gasteiger partial charge < -0.3 is 37.9 Å². The zero-order chi connectivity index (χ0) is 55.2. The Morgan fingerprint density at radius 1 is 0.179 bits per heavy atom. The van der Waals surface area contributed by atoms with E-state index in [0.717, 1.165) is 174 Å². The van der Waals surface area contributed by atoms with Crippen molar-refractivity contribution in [2.24, 2.45) is 0 Å². The van der Waals surface area contributed by atoms with Crippen molar-refractivity contribution < 1.29 is 37.9 Å². The first kappa shape index (κ1) is 49.6. The van der Waals surface area contributed by atoms with E-state index in [0.29, 0.717) is 52.9 Å². The van der Waals surface area contributed by atoms with Crippen molar-refractivity contribution in [1.29, 1.82) is 0 Å². The average Bonchev–Trinajstić information content (AvgIpc) is 4.14. The number of hydrogen-bond acceptors (Lipinski definition) is 12. The predicted octanol–water partition coefficient (Wildman–Crippen LogP) is 19.3. The summed E-state index contributed by atoms with van der Waals surface area (Å²) < 4.78 is 52.3. The second-order valence-corrected chi connectivity index (χ2v) is 25.0. The summed E-state index contributed by atoms with van der Waals surface area (Å²) in [4.78, 5) is 8.31. The highest BCUT2D eigenvalue weighted by Gasteiger charge is 2.34. The van der Waals surface area contributed by atoms with Crippen LogP contribution in [0.25, 0.3) is 128 Å². The van der Waals surface area contributed by atoms with Crippen LogP contribution >= 0.6 is 45.3 Å². The van der Waals surface area contributed by atoms with Gasteiger partial charge in [0.1, 0.15) is 52.9 Å². The Labute approximate surface area is 500 Å². The topological polar surface area (TPSA) is 73.8 Å². The van der Waals surface area contributed by atoms with Crippen LogP contribution in [0.15, 0.2) is 194 Å². The zero-order valence-electron chi connectivity index (χ0n) is 45.0. The van der Waals surface area contributed by atoms with E-state index < -0.39 is 0 Å². The van der Waals surface area contributed by atoms with E-state index in [2.05, 4.69) is 194 Å². The highest BCUT2D eigenvalue weighted by Crippen LogP contribution is 2.61. The van der Waals surface area contributed by atoms with Crippen LogP contribution in [0.5, 0.6) is 46.0 Å². The van der Waals surface area contributed by atoms with E-state index in [1.165, 1.54) is 0 Å². The monoisotopic (exact) mass is 1170 g/mol. The van der Waals surface area contributed by atoms with E-state index in [1.54, 1.807) is 45.3 Å². The molecule has 0 radical (unpaired) electrons. The highest BCUT2D eigenvalue weighted by molar-refractivity contribution is 7.21. The second-order valence-electron chi connectivity index (χ2n) is 21.0. The Morgan fingerprint density at radius 2 is 0.357 bits per heavy atom. The summed E-state index contributed by atoms with van der Waals surface area (Å²) >= 11 is 6.86. The SMILES string of the molecule is c1ccc(-c2sc(-c3ccc4c(c3)-c3cc(-c5sc(-c6ccccc6)c6c5OCCO6)ccc3-c3ccc(-c5sc(-c6ccccc6)c6c5OCCO6)cc3-c3cc(-c5sc(-c6ccccc6)c6c5OCCO6)ccc3-4)c3c2OCCO3)cc1. The standard InChI is InChI=1S/C72H48O8S4/c1-5-13-41(14-6-1)65-57-61(77-33-29-73-57)69(81-65)45-21-25-49-50-26-22-47(71-63-59(75-31-35-79-63)67(83-71)43-17-9-3-10-18-43)39-55(50)56-40-48(72-64-60(76-32-36-80-64)68(84-72)44-19-11-4-12-20-44)24-28-52(56)51-27-23-46(38-54(51)53(49)37-45)70-62-58(74-30-34-78-62)66(82-70)42-15-7-2-8-16-42/h1-28,37-40H,29-36H2. The molecule has 0 fully saturated rings. The summed E-state index contributed by atoms with van der Waals surface area (Å²) in [6.07, 6.45) is 0. The van der Waals surface area contributed by atoms with Crippen molar-refractivity contribution in [1.82, 2.24) is 0 Å². The van der Waals surface area contributed by atoms with Gasteiger partial charge in [-0.15, -0.1) is 45.3 Å². The van der Waals surface area contributed by atoms with Gasteiger partial charge in [-0.2, -0.15) is 0 Å². The molecule has 0 atom stereocenters. The van der Waals surface area contributed by atoms with Gasteiger partial charge in [0.25, 0.3) is 0 Å². The minimum atomic E-state index is 0.469. The number of benzene rings is 8. The van der Waals surface area contributed by atoms with Gasteiger partial charge >= 0.3 is 0 Å². The minimum absolute atomic E-state index is 0.469. The van der Waals surface area contributed by atoms with Crippen molar-refractivity contribution >= 4 is 45.3 Å². The Bertz CT molecular complexity index is 3980. The third kappa shape index (κ3) is 8.18. The lowest BCUT2D eigenvalue weighted by atomic mass is 9.78. The first-order chi connectivity index (χ1) is 41.7. The molecule has 1 aliphatic carbocycles. The number of ether oxygens (including phenoxy) is 8. The summed E-state index contributed by atoms with van der Waals surface area (Å²) in [7, 11) is 0. The van der Waals surface area contributed by atoms with Gasteiger partial charge in [0, 0.05) is 0 Å². The molecule has 0 bridgehead atoms. The van der Waals surface area contributed by atoms with Crippen LogP contribution in [0, 0.1) is 0 Å². The van der Waals surface area contributed by atoms with Gasteiger partial charge in [-0.05, 0) is 113 Å². The fourth-order valence-corrected chi connectivity index (χ4v) is 17.0. The molecule has 8 aromatic carbocycles. The predicted molar refractivity (Wildman–Crippen MR) is 341 cm³/mol. The fourth-order valence-electron chi connectivity index (χ4n) is 12.3. The maximum atomic E-state index is 6.60. The van der Waals surface area contributed by atoms with Crippen LogP contribution in [-0.4, -0.2) is 52.9 Å². The third-order valence-corrected chi connectivity index (χ3v) is 21.0. The maximum absolute atomic E-state index is 6.60. The van der Waals surface area contributed by atoms with E-state index >= 15 is 0 Å². The molecule has 8 nitrogen and oxygen atoms in total. The van der Waals surface area contributed by atoms with Crippen molar-refractivity contribution in [2.45, 2.75) is 0 Å². The Balaban J connectivity index is 0.929. The molecule has 17 rings (SSSR count). The molecule has 5 aliphatic rings. The summed E-state index contributed by atoms with van der Waals surface area (Å²) in [5.41, 5.74) is 17.2. The van der Waals surface area contributed by atoms with Crippen molar-refractivity contribution in [3.63, 3.8) is 0 Å². The highest BCUT2D eigenvalue weighted by atomic mass is 32.1. The quantitative estimate of drug-likeness (QED) is 0.149. The van der Waals surface area contributed by atoms with Crippen LogP contribution in [0.1, 0.15) is 0 Å². The number of rotatable bonds is 8. The van der Waals surface area contributed by atoms with Gasteiger partial charge in [0.15, 0.2) is 46.0 Å². The fraction of sp³-hybridized carbons (Fsp3) is 0.111. The molecule has 408 valence electrons. The Kier molecular flexibility index (Phi) is 12.0. The van der Waals surface area contributed by atoms with Gasteiger partial charge in [-0.3, -0.25) is 0 Å². The lowest BCUT2D eigenvalue weighted by Gasteiger charge is -2.26. The molecule has 0 spiro atoms. The lowest BCUT2D eigenvalue weighted by molar-refractivity contribution is 0.175. The van der Waals surface area contributed by atoms with E-state index in [9.17, 15) is 0 Å². The largest absolute Gasteiger partial charge is 0.485 e. The molecule has 0 N–H and O–H groups in total. The van der Waals surface area contributed by atoms with Crippen molar-refractivity contribution in [3.8, 4) is 174 Å². The Morgan fingerprint density at radius 3 is 0.548 bits per heavy atom. The lowest BCUT2D eigenvalue weighted by Crippen LogP contribution is -2.15. The molecule has 0 saturated carbocycles. The van der Waals surface area contributed by atoms with E-state index in [1.807, 2.05) is 0 Å². The van der Waals surface area contributed by atoms with Crippen LogP contribution in [0.4, 0.5) is 0 Å². The summed E-state index contributed by atoms with van der Waals surface area (Å²) in [5, 5.41) is 0. The maximum Gasteiger partial charge on any atom is 0.180 e. The van der Waals surface area contributed by atoms with Gasteiger partial charge in [-0.1, -0.05) is 170 Å². The summed E-state index contributed by atoms with van der Waals surface area (Å²) in [6, 6.07) is 69.8. The second kappa shape index (κ2) is 20.4. The molecule has 0 saturated heterocycles. The van der Waals surface area contributed by atoms with Crippen molar-refractivity contribution in [2.75, 3.05) is 52.9 Å². The van der Waals surface area contributed by atoms with Gasteiger partial charge in [0.05, 0.1) is 39.0 Å². The molecule has 4 aliphatic heterocycles. The molecular weight excluding hydrogens is 1120 g/mol. The number of fused-ring (bicyclic) bond motifs is 12. The molecule has 12 heteroatoms. The number of hydrogen-bond donors (Lipinski definition) is 0. The molecule has 12 aromatic rings. The molecule has 0 amide bonds. The molecule has 8 heterocycles. The summed E-state index contributed by atoms with van der Waals surface area (Å²) in [5.74, 6) is 6.31. The number of thiophene rings is 4. The zero-order valence-corrected chi connectivity index (χ0v) is 48.3. The minimum Gasteiger partial charge on any atom is -0.485 e. The third-order valence-electron chi connectivity index (χ3n) is 16.0. The van der Waals surface area contributed by atoms with Crippen LogP contribution < -0.4 is 37.9 Å². The van der Waals surface area contributed by atoms with Gasteiger partial charge in [0.2, 0.25) is 0 Å². The van der Waals surface area contributed by atoms with Gasteiger partial charge in [-0.25, -0.2) is 0 Å². The smallest absolute Gasteiger partial charge is 0.180 e. The summed E-state index contributed by atoms with van der Waals surface area (Å²) in [6.45, 7) is 3.83. The van der Waals surface area contributed by atoms with E-state index in [4.69, 9.17) is 37.9 Å². The van der Waals surface area contributed by atoms with Crippen LogP contribution in [0.3, 0.4) is 0 Å². The first-order valence-corrected chi connectivity index (χ1v) is 31.4.